The first-order valence-electron chi connectivity index (χ1n) is 6.38. The van der Waals surface area contributed by atoms with Gasteiger partial charge in [-0.1, -0.05) is 6.07 Å². The van der Waals surface area contributed by atoms with Gasteiger partial charge in [-0.3, -0.25) is 4.98 Å². The van der Waals surface area contributed by atoms with Crippen molar-refractivity contribution < 1.29 is 14.6 Å². The minimum atomic E-state index is -0.514. The first-order valence-corrected chi connectivity index (χ1v) is 6.38. The molecule has 0 aliphatic carbocycles. The number of nitrogens with zero attached hydrogens (tertiary/aromatic N) is 1. The Morgan fingerprint density at radius 1 is 1.47 bits per heavy atom. The summed E-state index contributed by atoms with van der Waals surface area (Å²) in [4.78, 5) is 15.7. The molecule has 1 heterocycles. The zero-order valence-electron chi connectivity index (χ0n) is 11.7. The monoisotopic (exact) mass is 266 g/mol. The lowest BCUT2D eigenvalue weighted by Crippen LogP contribution is -2.36. The molecular weight excluding hydrogens is 244 g/mol. The molecule has 0 spiro atoms. The molecular formula is C14H22N2O3. The lowest BCUT2D eigenvalue weighted by Gasteiger charge is -2.21. The van der Waals surface area contributed by atoms with Gasteiger partial charge in [0.25, 0.3) is 0 Å². The highest BCUT2D eigenvalue weighted by molar-refractivity contribution is 5.67. The maximum atomic E-state index is 11.5. The molecule has 0 fully saturated rings. The van der Waals surface area contributed by atoms with E-state index in [0.717, 1.165) is 5.69 Å². The van der Waals surface area contributed by atoms with Crippen LogP contribution in [0.3, 0.4) is 0 Å². The van der Waals surface area contributed by atoms with Crippen molar-refractivity contribution in [2.75, 3.05) is 13.2 Å². The molecule has 0 radical (unpaired) electrons. The molecule has 1 aromatic heterocycles. The summed E-state index contributed by atoms with van der Waals surface area (Å²) in [5, 5.41) is 12.0. The second-order valence-corrected chi connectivity index (χ2v) is 5.46. The molecule has 0 unspecified atom stereocenters. The topological polar surface area (TPSA) is 71.5 Å². The zero-order valence-corrected chi connectivity index (χ0v) is 11.7. The molecule has 1 atom stereocenters. The largest absolute Gasteiger partial charge is 0.444 e. The fourth-order valence-electron chi connectivity index (χ4n) is 1.56. The van der Waals surface area contributed by atoms with E-state index in [0.29, 0.717) is 13.0 Å². The molecule has 19 heavy (non-hydrogen) atoms. The summed E-state index contributed by atoms with van der Waals surface area (Å²) in [5.41, 5.74) is 0.382. The van der Waals surface area contributed by atoms with Gasteiger partial charge in [-0.15, -0.1) is 0 Å². The Balaban J connectivity index is 2.39. The summed E-state index contributed by atoms with van der Waals surface area (Å²) in [6.07, 6.45) is 1.87. The standard InChI is InChI=1S/C14H22N2O3/c1-14(2,3)19-13(18)16-9-11(10-17)8-12-6-4-5-7-15-12/h4-7,11,17H,8-10H2,1-3H3,(H,16,18)/t11-/m1/s1. The molecule has 0 saturated heterocycles. The van der Waals surface area contributed by atoms with Crippen LogP contribution in [-0.2, 0) is 11.2 Å². The van der Waals surface area contributed by atoms with Crippen LogP contribution in [-0.4, -0.2) is 34.9 Å². The molecule has 0 aromatic carbocycles. The number of hydrogen-bond acceptors (Lipinski definition) is 4. The number of carbonyl (C=O) groups is 1. The van der Waals surface area contributed by atoms with E-state index in [4.69, 9.17) is 4.74 Å². The normalized spacial score (nSPS) is 12.8. The number of aromatic nitrogens is 1. The van der Waals surface area contributed by atoms with E-state index in [-0.39, 0.29) is 12.5 Å². The molecule has 0 aliphatic heterocycles. The van der Waals surface area contributed by atoms with Gasteiger partial charge >= 0.3 is 6.09 Å². The predicted octanol–water partition coefficient (Wildman–Crippen LogP) is 1.76. The zero-order chi connectivity index (χ0) is 14.3. The van der Waals surface area contributed by atoms with Crippen LogP contribution in [0, 0.1) is 5.92 Å². The number of carbonyl (C=O) groups excluding carboxylic acids is 1. The van der Waals surface area contributed by atoms with Crippen LogP contribution in [0.15, 0.2) is 24.4 Å². The van der Waals surface area contributed by atoms with Gasteiger partial charge in [0.2, 0.25) is 0 Å². The summed E-state index contributed by atoms with van der Waals surface area (Å²) >= 11 is 0. The van der Waals surface area contributed by atoms with E-state index < -0.39 is 11.7 Å². The van der Waals surface area contributed by atoms with Crippen LogP contribution in [0.25, 0.3) is 0 Å². The van der Waals surface area contributed by atoms with Crippen LogP contribution in [0.4, 0.5) is 4.79 Å². The lowest BCUT2D eigenvalue weighted by atomic mass is 10.0. The molecule has 5 heteroatoms. The summed E-state index contributed by atoms with van der Waals surface area (Å²) < 4.78 is 5.14. The smallest absolute Gasteiger partial charge is 0.407 e. The Bertz CT molecular complexity index is 387. The molecule has 0 saturated carbocycles. The molecule has 1 amide bonds. The third-order valence-corrected chi connectivity index (χ3v) is 2.42. The third-order valence-electron chi connectivity index (χ3n) is 2.42. The number of amides is 1. The number of ether oxygens (including phenoxy) is 1. The van der Waals surface area contributed by atoms with Gasteiger partial charge in [-0.2, -0.15) is 0 Å². The van der Waals surface area contributed by atoms with Crippen molar-refractivity contribution in [2.45, 2.75) is 32.8 Å². The molecule has 106 valence electrons. The van der Waals surface area contributed by atoms with Gasteiger partial charge in [-0.05, 0) is 39.3 Å². The molecule has 0 bridgehead atoms. The van der Waals surface area contributed by atoms with Gasteiger partial charge in [-0.25, -0.2) is 4.79 Å². The maximum absolute atomic E-state index is 11.5. The van der Waals surface area contributed by atoms with Gasteiger partial charge in [0.1, 0.15) is 5.60 Å². The molecule has 1 rings (SSSR count). The fraction of sp³-hybridized carbons (Fsp3) is 0.571. The van der Waals surface area contributed by atoms with Crippen LogP contribution in [0.2, 0.25) is 0 Å². The van der Waals surface area contributed by atoms with Gasteiger partial charge in [0.15, 0.2) is 0 Å². The first kappa shape index (κ1) is 15.4. The van der Waals surface area contributed by atoms with Crippen molar-refractivity contribution >= 4 is 6.09 Å². The minimum absolute atomic E-state index is 0.00757. The lowest BCUT2D eigenvalue weighted by molar-refractivity contribution is 0.0512. The highest BCUT2D eigenvalue weighted by Crippen LogP contribution is 2.08. The second-order valence-electron chi connectivity index (χ2n) is 5.46. The van der Waals surface area contributed by atoms with Crippen molar-refractivity contribution in [2.24, 2.45) is 5.92 Å². The predicted molar refractivity (Wildman–Crippen MR) is 72.8 cm³/mol. The van der Waals surface area contributed by atoms with E-state index >= 15 is 0 Å². The molecule has 0 aliphatic rings. The Morgan fingerprint density at radius 3 is 2.74 bits per heavy atom. The van der Waals surface area contributed by atoms with Crippen molar-refractivity contribution in [3.63, 3.8) is 0 Å². The summed E-state index contributed by atoms with van der Waals surface area (Å²) in [7, 11) is 0. The summed E-state index contributed by atoms with van der Waals surface area (Å²) in [6.45, 7) is 5.78. The summed E-state index contributed by atoms with van der Waals surface area (Å²) in [6, 6.07) is 5.64. The first-order chi connectivity index (χ1) is 8.90. The quantitative estimate of drug-likeness (QED) is 0.852. The number of aliphatic hydroxyl groups excluding tert-OH is 1. The Kier molecular flexibility index (Phi) is 5.76. The number of rotatable bonds is 5. The number of pyridine rings is 1. The SMILES string of the molecule is CC(C)(C)OC(=O)NC[C@H](CO)Cc1ccccn1. The maximum Gasteiger partial charge on any atom is 0.407 e. The fourth-order valence-corrected chi connectivity index (χ4v) is 1.56. The Hall–Kier alpha value is -1.62. The van der Waals surface area contributed by atoms with Gasteiger partial charge in [0, 0.05) is 31.0 Å². The minimum Gasteiger partial charge on any atom is -0.444 e. The molecule has 5 nitrogen and oxygen atoms in total. The van der Waals surface area contributed by atoms with Gasteiger partial charge in [0.05, 0.1) is 0 Å². The highest BCUT2D eigenvalue weighted by atomic mass is 16.6. The third kappa shape index (κ3) is 6.76. The van der Waals surface area contributed by atoms with E-state index in [2.05, 4.69) is 10.3 Å². The average Bonchev–Trinajstić information content (AvgIpc) is 2.33. The van der Waals surface area contributed by atoms with Crippen LogP contribution >= 0.6 is 0 Å². The van der Waals surface area contributed by atoms with Crippen LogP contribution < -0.4 is 5.32 Å². The van der Waals surface area contributed by atoms with Crippen LogP contribution in [0.5, 0.6) is 0 Å². The average molecular weight is 266 g/mol. The number of hydrogen-bond donors (Lipinski definition) is 2. The van der Waals surface area contributed by atoms with Crippen molar-refractivity contribution in [1.82, 2.24) is 10.3 Å². The van der Waals surface area contributed by atoms with Crippen molar-refractivity contribution in [3.8, 4) is 0 Å². The Labute approximate surface area is 114 Å². The summed E-state index contributed by atoms with van der Waals surface area (Å²) in [5.74, 6) is -0.0672. The van der Waals surface area contributed by atoms with E-state index in [1.54, 1.807) is 6.20 Å². The Morgan fingerprint density at radius 2 is 2.21 bits per heavy atom. The van der Waals surface area contributed by atoms with Crippen molar-refractivity contribution in [3.05, 3.63) is 30.1 Å². The molecule has 1 aromatic rings. The highest BCUT2D eigenvalue weighted by Gasteiger charge is 2.17. The number of aliphatic hydroxyl groups is 1. The van der Waals surface area contributed by atoms with E-state index in [1.165, 1.54) is 0 Å². The van der Waals surface area contributed by atoms with Crippen LogP contribution in [0.1, 0.15) is 26.5 Å². The van der Waals surface area contributed by atoms with Gasteiger partial charge < -0.3 is 15.2 Å². The van der Waals surface area contributed by atoms with Crippen molar-refractivity contribution in [1.29, 1.82) is 0 Å². The number of nitrogens with one attached hydrogen (secondary N) is 1. The van der Waals surface area contributed by atoms with E-state index in [1.807, 2.05) is 39.0 Å². The number of alkyl carbamates (subject to hydrolysis) is 1. The second kappa shape index (κ2) is 7.09. The molecule has 2 N–H and O–H groups in total. The van der Waals surface area contributed by atoms with E-state index in [9.17, 15) is 9.90 Å².